The molecular formula is C8H8F3N3O4. The Kier molecular flexibility index (Phi) is 3.89. The van der Waals surface area contributed by atoms with Crippen LogP contribution in [-0.2, 0) is 17.5 Å². The zero-order chi connectivity index (χ0) is 13.9. The Balaban J connectivity index is 2.89. The zero-order valence-electron chi connectivity index (χ0n) is 8.85. The van der Waals surface area contributed by atoms with E-state index in [1.807, 2.05) is 0 Å². The molecule has 0 bridgehead atoms. The molecule has 0 amide bonds. The Morgan fingerprint density at radius 3 is 2.56 bits per heavy atom. The molecular weight excluding hydrogens is 259 g/mol. The molecule has 0 saturated carbocycles. The van der Waals surface area contributed by atoms with Crippen LogP contribution in [0.15, 0.2) is 6.20 Å². The minimum absolute atomic E-state index is 0.0332. The third kappa shape index (κ3) is 3.43. The fraction of sp³-hybridized carbons (Fsp3) is 0.500. The number of rotatable bonds is 5. The Labute approximate surface area is 98.0 Å². The highest BCUT2D eigenvalue weighted by molar-refractivity contribution is 5.66. The van der Waals surface area contributed by atoms with Crippen LogP contribution in [0.3, 0.4) is 0 Å². The fourth-order valence-electron chi connectivity index (χ4n) is 1.25. The van der Waals surface area contributed by atoms with Crippen LogP contribution in [0.5, 0.6) is 0 Å². The van der Waals surface area contributed by atoms with Gasteiger partial charge in [-0.25, -0.2) is 0 Å². The van der Waals surface area contributed by atoms with Crippen LogP contribution in [0, 0.1) is 10.1 Å². The molecule has 10 heteroatoms. The highest BCUT2D eigenvalue weighted by atomic mass is 19.4. The summed E-state index contributed by atoms with van der Waals surface area (Å²) in [5.41, 5.74) is -2.72. The van der Waals surface area contributed by atoms with Gasteiger partial charge in [0.25, 0.3) is 0 Å². The van der Waals surface area contributed by atoms with E-state index in [-0.39, 0.29) is 19.4 Å². The molecule has 0 spiro atoms. The van der Waals surface area contributed by atoms with E-state index in [1.165, 1.54) is 0 Å². The first-order valence-corrected chi connectivity index (χ1v) is 4.72. The van der Waals surface area contributed by atoms with E-state index in [2.05, 4.69) is 5.10 Å². The predicted octanol–water partition coefficient (Wildman–Crippen LogP) is 1.67. The van der Waals surface area contributed by atoms with Crippen LogP contribution in [0.25, 0.3) is 0 Å². The van der Waals surface area contributed by atoms with Crippen molar-refractivity contribution in [3.05, 3.63) is 22.0 Å². The topological polar surface area (TPSA) is 98.3 Å². The molecule has 0 fully saturated rings. The number of nitro groups is 1. The highest BCUT2D eigenvalue weighted by Crippen LogP contribution is 2.34. The maximum Gasteiger partial charge on any atom is 0.442 e. The normalized spacial score (nSPS) is 11.5. The average Bonchev–Trinajstić information content (AvgIpc) is 2.60. The molecule has 0 aliphatic heterocycles. The molecule has 0 saturated heterocycles. The largest absolute Gasteiger partial charge is 0.481 e. The fourth-order valence-corrected chi connectivity index (χ4v) is 1.25. The molecule has 100 valence electrons. The molecule has 1 rings (SSSR count). The summed E-state index contributed by atoms with van der Waals surface area (Å²) in [6.45, 7) is -0.136. The number of halogens is 3. The zero-order valence-corrected chi connectivity index (χ0v) is 8.85. The van der Waals surface area contributed by atoms with Gasteiger partial charge in [-0.1, -0.05) is 0 Å². The maximum absolute atomic E-state index is 12.4. The Morgan fingerprint density at radius 2 is 2.17 bits per heavy atom. The van der Waals surface area contributed by atoms with Gasteiger partial charge in [0.05, 0.1) is 4.92 Å². The molecule has 1 heterocycles. The lowest BCUT2D eigenvalue weighted by atomic mass is 10.3. The van der Waals surface area contributed by atoms with Crippen molar-refractivity contribution < 1.29 is 28.0 Å². The van der Waals surface area contributed by atoms with Gasteiger partial charge in [-0.3, -0.25) is 19.6 Å². The predicted molar refractivity (Wildman–Crippen MR) is 50.8 cm³/mol. The average molecular weight is 267 g/mol. The summed E-state index contributed by atoms with van der Waals surface area (Å²) in [5.74, 6) is -1.10. The van der Waals surface area contributed by atoms with E-state index in [9.17, 15) is 28.1 Å². The Hall–Kier alpha value is -2.13. The van der Waals surface area contributed by atoms with Crippen LogP contribution in [0.4, 0.5) is 18.9 Å². The van der Waals surface area contributed by atoms with E-state index >= 15 is 0 Å². The first-order valence-electron chi connectivity index (χ1n) is 4.72. The number of carbonyl (C=O) groups is 1. The molecule has 1 aromatic rings. The van der Waals surface area contributed by atoms with Crippen LogP contribution in [0.1, 0.15) is 18.5 Å². The standard InChI is InChI=1S/C8H8F3N3O4/c9-8(10,11)7-5(14(17)18)4-13(12-7)3-1-2-6(15)16/h4H,1-3H2,(H,15,16). The summed E-state index contributed by atoms with van der Waals surface area (Å²) in [6.07, 6.45) is -4.49. The van der Waals surface area contributed by atoms with Crippen LogP contribution in [-0.4, -0.2) is 25.8 Å². The number of carboxylic acids is 1. The number of carboxylic acid groups (broad SMARTS) is 1. The minimum Gasteiger partial charge on any atom is -0.481 e. The van der Waals surface area contributed by atoms with Crippen molar-refractivity contribution in [1.29, 1.82) is 0 Å². The molecule has 18 heavy (non-hydrogen) atoms. The van der Waals surface area contributed by atoms with Gasteiger partial charge in [-0.05, 0) is 6.42 Å². The number of aliphatic carboxylic acids is 1. The van der Waals surface area contributed by atoms with Gasteiger partial charge in [0, 0.05) is 13.0 Å². The van der Waals surface area contributed by atoms with Crippen molar-refractivity contribution in [2.75, 3.05) is 0 Å². The molecule has 0 aliphatic carbocycles. The summed E-state index contributed by atoms with van der Waals surface area (Å²) in [5, 5.41) is 21.8. The number of hydrogen-bond acceptors (Lipinski definition) is 4. The lowest BCUT2D eigenvalue weighted by Gasteiger charge is -2.01. The summed E-state index contributed by atoms with van der Waals surface area (Å²) in [6, 6.07) is 0. The molecule has 7 nitrogen and oxygen atoms in total. The summed E-state index contributed by atoms with van der Waals surface area (Å²) >= 11 is 0. The van der Waals surface area contributed by atoms with Crippen LogP contribution >= 0.6 is 0 Å². The number of alkyl halides is 3. The van der Waals surface area contributed by atoms with Gasteiger partial charge in [0.15, 0.2) is 0 Å². The lowest BCUT2D eigenvalue weighted by Crippen LogP contribution is -2.10. The first kappa shape index (κ1) is 13.9. The van der Waals surface area contributed by atoms with Gasteiger partial charge in [0.2, 0.25) is 5.69 Å². The van der Waals surface area contributed by atoms with Gasteiger partial charge < -0.3 is 5.11 Å². The molecule has 0 aliphatic rings. The molecule has 0 aromatic carbocycles. The Morgan fingerprint density at radius 1 is 1.56 bits per heavy atom. The van der Waals surface area contributed by atoms with E-state index in [0.29, 0.717) is 6.20 Å². The summed E-state index contributed by atoms with van der Waals surface area (Å²) in [7, 11) is 0. The van der Waals surface area contributed by atoms with Crippen LogP contribution < -0.4 is 0 Å². The maximum atomic E-state index is 12.4. The second kappa shape index (κ2) is 5.02. The van der Waals surface area contributed by atoms with Crippen molar-refractivity contribution in [1.82, 2.24) is 9.78 Å². The second-order valence-electron chi connectivity index (χ2n) is 3.38. The molecule has 0 radical (unpaired) electrons. The molecule has 0 unspecified atom stereocenters. The third-order valence-electron chi connectivity index (χ3n) is 1.99. The molecule has 1 aromatic heterocycles. The van der Waals surface area contributed by atoms with Gasteiger partial charge in [-0.15, -0.1) is 0 Å². The SMILES string of the molecule is O=C(O)CCCn1cc([N+](=O)[O-])c(C(F)(F)F)n1. The number of nitrogens with zero attached hydrogens (tertiary/aromatic N) is 3. The van der Waals surface area contributed by atoms with Crippen molar-refractivity contribution in [2.45, 2.75) is 25.6 Å². The number of hydrogen-bond donors (Lipinski definition) is 1. The van der Waals surface area contributed by atoms with E-state index in [1.54, 1.807) is 0 Å². The number of aryl methyl sites for hydroxylation is 1. The minimum atomic E-state index is -4.92. The molecule has 1 N–H and O–H groups in total. The third-order valence-corrected chi connectivity index (χ3v) is 1.99. The van der Waals surface area contributed by atoms with E-state index in [0.717, 1.165) is 4.68 Å². The number of aromatic nitrogens is 2. The van der Waals surface area contributed by atoms with Crippen molar-refractivity contribution in [3.63, 3.8) is 0 Å². The van der Waals surface area contributed by atoms with Crippen molar-refractivity contribution >= 4 is 11.7 Å². The van der Waals surface area contributed by atoms with Gasteiger partial charge in [-0.2, -0.15) is 18.3 Å². The smallest absolute Gasteiger partial charge is 0.442 e. The quantitative estimate of drug-likeness (QED) is 0.646. The first-order chi connectivity index (χ1) is 8.21. The summed E-state index contributed by atoms with van der Waals surface area (Å²) < 4.78 is 37.9. The van der Waals surface area contributed by atoms with Gasteiger partial charge >= 0.3 is 17.8 Å². The van der Waals surface area contributed by atoms with E-state index < -0.39 is 28.5 Å². The van der Waals surface area contributed by atoms with Crippen molar-refractivity contribution in [2.24, 2.45) is 0 Å². The second-order valence-corrected chi connectivity index (χ2v) is 3.38. The summed E-state index contributed by atoms with van der Waals surface area (Å²) in [4.78, 5) is 19.5. The molecule has 0 atom stereocenters. The lowest BCUT2D eigenvalue weighted by molar-refractivity contribution is -0.388. The van der Waals surface area contributed by atoms with Gasteiger partial charge in [0.1, 0.15) is 6.20 Å². The monoisotopic (exact) mass is 267 g/mol. The van der Waals surface area contributed by atoms with E-state index in [4.69, 9.17) is 5.11 Å². The van der Waals surface area contributed by atoms with Crippen LogP contribution in [0.2, 0.25) is 0 Å². The Bertz CT molecular complexity index is 469. The van der Waals surface area contributed by atoms with Crippen molar-refractivity contribution in [3.8, 4) is 0 Å². The highest BCUT2D eigenvalue weighted by Gasteiger charge is 2.42.